The number of thiocarbonyl (C=S) groups is 1. The first-order valence-electron chi connectivity index (χ1n) is 5.89. The molecule has 7 heteroatoms. The van der Waals surface area contributed by atoms with Crippen LogP contribution < -0.4 is 10.6 Å². The van der Waals surface area contributed by atoms with Crippen molar-refractivity contribution in [3.63, 3.8) is 0 Å². The Bertz CT molecular complexity index is 640. The molecule has 2 aromatic carbocycles. The predicted molar refractivity (Wildman–Crippen MR) is 91.3 cm³/mol. The van der Waals surface area contributed by atoms with E-state index >= 15 is 0 Å². The Morgan fingerprint density at radius 2 is 1.76 bits per heavy atom. The molecule has 21 heavy (non-hydrogen) atoms. The number of benzene rings is 2. The van der Waals surface area contributed by atoms with Crippen LogP contribution in [-0.2, 0) is 6.54 Å². The zero-order valence-electron chi connectivity index (χ0n) is 10.6. The molecule has 0 spiro atoms. The van der Waals surface area contributed by atoms with E-state index in [0.717, 1.165) is 5.56 Å². The van der Waals surface area contributed by atoms with E-state index in [-0.39, 0.29) is 16.6 Å². The van der Waals surface area contributed by atoms with Gasteiger partial charge in [0.1, 0.15) is 11.6 Å². The van der Waals surface area contributed by atoms with Crippen molar-refractivity contribution >= 4 is 54.9 Å². The highest BCUT2D eigenvalue weighted by atomic mass is 79.9. The summed E-state index contributed by atoms with van der Waals surface area (Å²) in [5, 5.41) is 6.00. The van der Waals surface area contributed by atoms with Crippen LogP contribution in [0.5, 0.6) is 0 Å². The number of hydrogen-bond donors (Lipinski definition) is 2. The molecule has 0 heterocycles. The Morgan fingerprint density at radius 3 is 2.38 bits per heavy atom. The van der Waals surface area contributed by atoms with Gasteiger partial charge >= 0.3 is 0 Å². The van der Waals surface area contributed by atoms with Crippen molar-refractivity contribution in [1.29, 1.82) is 0 Å². The minimum atomic E-state index is -0.429. The van der Waals surface area contributed by atoms with Crippen LogP contribution in [0.2, 0.25) is 0 Å². The van der Waals surface area contributed by atoms with Gasteiger partial charge in [0.05, 0.1) is 5.69 Å². The minimum absolute atomic E-state index is 0.259. The van der Waals surface area contributed by atoms with Crippen molar-refractivity contribution in [3.05, 3.63) is 62.5 Å². The van der Waals surface area contributed by atoms with Crippen LogP contribution in [0.15, 0.2) is 45.3 Å². The third kappa shape index (κ3) is 4.72. The number of anilines is 1. The number of halogens is 4. The van der Waals surface area contributed by atoms with Crippen molar-refractivity contribution in [2.24, 2.45) is 0 Å². The lowest BCUT2D eigenvalue weighted by Crippen LogP contribution is -2.28. The monoisotopic (exact) mass is 434 g/mol. The molecule has 2 N–H and O–H groups in total. The average molecular weight is 436 g/mol. The average Bonchev–Trinajstić information content (AvgIpc) is 2.42. The molecule has 0 radical (unpaired) electrons. The molecule has 0 aliphatic heterocycles. The standard InChI is InChI=1S/C14H10Br2F2N2S/c15-9-5-11(16)13(12(18)6-9)20-14(21)19-7-8-1-3-10(17)4-2-8/h1-6H,7H2,(H2,19,20,21). The van der Waals surface area contributed by atoms with Crippen LogP contribution in [-0.4, -0.2) is 5.11 Å². The zero-order chi connectivity index (χ0) is 15.4. The molecule has 0 fully saturated rings. The van der Waals surface area contributed by atoms with E-state index in [1.807, 2.05) is 0 Å². The topological polar surface area (TPSA) is 24.1 Å². The number of hydrogen-bond acceptors (Lipinski definition) is 1. The highest BCUT2D eigenvalue weighted by Crippen LogP contribution is 2.29. The molecule has 110 valence electrons. The van der Waals surface area contributed by atoms with Crippen molar-refractivity contribution in [3.8, 4) is 0 Å². The summed E-state index contributed by atoms with van der Waals surface area (Å²) >= 11 is 11.6. The summed E-state index contributed by atoms with van der Waals surface area (Å²) in [4.78, 5) is 0. The van der Waals surface area contributed by atoms with Gasteiger partial charge < -0.3 is 10.6 Å². The van der Waals surface area contributed by atoms with Crippen LogP contribution in [0, 0.1) is 11.6 Å². The molecular formula is C14H10Br2F2N2S. The fourth-order valence-corrected chi connectivity index (χ4v) is 3.05. The maximum Gasteiger partial charge on any atom is 0.171 e. The number of nitrogens with one attached hydrogen (secondary N) is 2. The van der Waals surface area contributed by atoms with Crippen molar-refractivity contribution in [1.82, 2.24) is 5.32 Å². The SMILES string of the molecule is Fc1ccc(CNC(=S)Nc2c(F)cc(Br)cc2Br)cc1. The van der Waals surface area contributed by atoms with Crippen LogP contribution in [0.4, 0.5) is 14.5 Å². The quantitative estimate of drug-likeness (QED) is 0.665. The molecule has 2 rings (SSSR count). The lowest BCUT2D eigenvalue weighted by atomic mass is 10.2. The Labute approximate surface area is 143 Å². The second kappa shape index (κ2) is 7.29. The van der Waals surface area contributed by atoms with E-state index in [4.69, 9.17) is 12.2 Å². The smallest absolute Gasteiger partial charge is 0.171 e. The van der Waals surface area contributed by atoms with Gasteiger partial charge in [-0.15, -0.1) is 0 Å². The van der Waals surface area contributed by atoms with Crippen LogP contribution in [0.25, 0.3) is 0 Å². The molecule has 0 saturated heterocycles. The van der Waals surface area contributed by atoms with Crippen LogP contribution in [0.1, 0.15) is 5.56 Å². The third-order valence-electron chi connectivity index (χ3n) is 2.61. The van der Waals surface area contributed by atoms with E-state index in [1.54, 1.807) is 18.2 Å². The van der Waals surface area contributed by atoms with E-state index in [1.165, 1.54) is 18.2 Å². The van der Waals surface area contributed by atoms with Gasteiger partial charge in [0.25, 0.3) is 0 Å². The Balaban J connectivity index is 1.97. The third-order valence-corrected chi connectivity index (χ3v) is 3.94. The summed E-state index contributed by atoms with van der Waals surface area (Å²) in [5.41, 5.74) is 1.13. The van der Waals surface area contributed by atoms with Crippen LogP contribution in [0.3, 0.4) is 0 Å². The van der Waals surface area contributed by atoms with Gasteiger partial charge in [-0.2, -0.15) is 0 Å². The Morgan fingerprint density at radius 1 is 1.10 bits per heavy atom. The number of rotatable bonds is 3. The summed E-state index contributed by atoms with van der Waals surface area (Å²) in [5.74, 6) is -0.720. The highest BCUT2D eigenvalue weighted by molar-refractivity contribution is 9.11. The van der Waals surface area contributed by atoms with Gasteiger partial charge in [0, 0.05) is 15.5 Å². The fraction of sp³-hybridized carbons (Fsp3) is 0.0714. The summed E-state index contributed by atoms with van der Waals surface area (Å²) in [6.45, 7) is 0.419. The lowest BCUT2D eigenvalue weighted by molar-refractivity contribution is 0.626. The molecule has 0 bridgehead atoms. The van der Waals surface area contributed by atoms with Crippen molar-refractivity contribution in [2.45, 2.75) is 6.54 Å². The van der Waals surface area contributed by atoms with Gasteiger partial charge in [0.2, 0.25) is 0 Å². The molecular weight excluding hydrogens is 426 g/mol. The largest absolute Gasteiger partial charge is 0.358 e. The first-order chi connectivity index (χ1) is 9.95. The van der Waals surface area contributed by atoms with E-state index in [0.29, 0.717) is 15.5 Å². The maximum absolute atomic E-state index is 13.8. The van der Waals surface area contributed by atoms with Crippen LogP contribution >= 0.6 is 44.1 Å². The summed E-state index contributed by atoms with van der Waals surface area (Å²) in [7, 11) is 0. The normalized spacial score (nSPS) is 10.3. The molecule has 0 amide bonds. The molecule has 0 unspecified atom stereocenters. The van der Waals surface area contributed by atoms with Gasteiger partial charge in [-0.25, -0.2) is 8.78 Å². The molecule has 0 aromatic heterocycles. The Hall–Kier alpha value is -1.05. The molecule has 0 aliphatic carbocycles. The Kier molecular flexibility index (Phi) is 5.66. The van der Waals surface area contributed by atoms with E-state index in [2.05, 4.69) is 42.5 Å². The van der Waals surface area contributed by atoms with E-state index in [9.17, 15) is 8.78 Å². The van der Waals surface area contributed by atoms with Gasteiger partial charge in [0.15, 0.2) is 5.11 Å². The first-order valence-corrected chi connectivity index (χ1v) is 7.89. The van der Waals surface area contributed by atoms with Crippen molar-refractivity contribution in [2.75, 3.05) is 5.32 Å². The summed E-state index contributed by atoms with van der Waals surface area (Å²) < 4.78 is 27.8. The van der Waals surface area contributed by atoms with Gasteiger partial charge in [-0.1, -0.05) is 28.1 Å². The second-order valence-corrected chi connectivity index (χ2v) is 6.36. The predicted octanol–water partition coefficient (Wildman–Crippen LogP) is 4.98. The van der Waals surface area contributed by atoms with Gasteiger partial charge in [-0.05, 0) is 58.0 Å². The molecule has 0 saturated carbocycles. The molecule has 0 aliphatic rings. The molecule has 2 nitrogen and oxygen atoms in total. The fourth-order valence-electron chi connectivity index (χ4n) is 1.60. The second-order valence-electron chi connectivity index (χ2n) is 4.18. The summed E-state index contributed by atoms with van der Waals surface area (Å²) in [6, 6.07) is 9.11. The lowest BCUT2D eigenvalue weighted by Gasteiger charge is -2.13. The summed E-state index contributed by atoms with van der Waals surface area (Å²) in [6.07, 6.45) is 0. The minimum Gasteiger partial charge on any atom is -0.358 e. The first kappa shape index (κ1) is 16.3. The zero-order valence-corrected chi connectivity index (χ0v) is 14.6. The van der Waals surface area contributed by atoms with Gasteiger partial charge in [-0.3, -0.25) is 0 Å². The maximum atomic E-state index is 13.8. The van der Waals surface area contributed by atoms with Crippen molar-refractivity contribution < 1.29 is 8.78 Å². The molecule has 2 aromatic rings. The van der Waals surface area contributed by atoms with E-state index < -0.39 is 5.82 Å². The highest BCUT2D eigenvalue weighted by Gasteiger charge is 2.10. The molecule has 0 atom stereocenters.